The van der Waals surface area contributed by atoms with Crippen molar-refractivity contribution in [1.82, 2.24) is 0 Å². The van der Waals surface area contributed by atoms with Gasteiger partial charge in [0.05, 0.1) is 19.6 Å². The average molecular weight is 298 g/mol. The van der Waals surface area contributed by atoms with Gasteiger partial charge >= 0.3 is 5.97 Å². The third-order valence-corrected chi connectivity index (χ3v) is 2.70. The number of carbonyl (C=O) groups excluding carboxylic acids is 1. The van der Waals surface area contributed by atoms with Crippen LogP contribution in [-0.2, 0) is 16.0 Å². The molecule has 1 unspecified atom stereocenters. The van der Waals surface area contributed by atoms with Crippen LogP contribution >= 0.6 is 15.9 Å². The molecule has 0 saturated carbocycles. The molecule has 0 aromatic heterocycles. The molecule has 0 aliphatic heterocycles. The fraction of sp³-hybridized carbons (Fsp3) is 0.333. The predicted molar refractivity (Wildman–Crippen MR) is 66.0 cm³/mol. The average Bonchev–Trinajstić information content (AvgIpc) is 2.37. The minimum Gasteiger partial charge on any atom is -0.492 e. The van der Waals surface area contributed by atoms with Crippen molar-refractivity contribution in [3.05, 3.63) is 29.8 Å². The zero-order chi connectivity index (χ0) is 12.7. The molecule has 5 heteroatoms. The van der Waals surface area contributed by atoms with E-state index >= 15 is 0 Å². The number of ether oxygens (including phenoxy) is 2. The Morgan fingerprint density at radius 2 is 2.12 bits per heavy atom. The highest BCUT2D eigenvalue weighted by molar-refractivity contribution is 9.10. The van der Waals surface area contributed by atoms with E-state index in [1.165, 1.54) is 7.11 Å². The number of hydrogen-bond donors (Lipinski definition) is 0. The molecule has 1 aromatic rings. The summed E-state index contributed by atoms with van der Waals surface area (Å²) < 4.78 is 9.94. The van der Waals surface area contributed by atoms with E-state index < -0.39 is 4.83 Å². The van der Waals surface area contributed by atoms with Gasteiger partial charge in [0.15, 0.2) is 0 Å². The van der Waals surface area contributed by atoms with Gasteiger partial charge in [0.25, 0.3) is 0 Å². The van der Waals surface area contributed by atoms with Crippen molar-refractivity contribution < 1.29 is 14.3 Å². The van der Waals surface area contributed by atoms with Gasteiger partial charge in [-0.3, -0.25) is 4.79 Å². The molecule has 0 spiro atoms. The Morgan fingerprint density at radius 3 is 2.65 bits per heavy atom. The highest BCUT2D eigenvalue weighted by Crippen LogP contribution is 2.14. The second-order valence-corrected chi connectivity index (χ2v) is 4.39. The van der Waals surface area contributed by atoms with Crippen LogP contribution in [0.15, 0.2) is 24.3 Å². The van der Waals surface area contributed by atoms with E-state index in [2.05, 4.69) is 26.7 Å². The molecule has 90 valence electrons. The summed E-state index contributed by atoms with van der Waals surface area (Å²) >= 11 is 3.16. The van der Waals surface area contributed by atoms with Gasteiger partial charge in [0.1, 0.15) is 17.2 Å². The molecule has 0 heterocycles. The van der Waals surface area contributed by atoms with Crippen LogP contribution in [0, 0.1) is 11.3 Å². The summed E-state index contributed by atoms with van der Waals surface area (Å²) in [5.74, 6) is 0.283. The van der Waals surface area contributed by atoms with Crippen molar-refractivity contribution in [2.75, 3.05) is 13.7 Å². The molecule has 17 heavy (non-hydrogen) atoms. The molecule has 0 N–H and O–H groups in total. The van der Waals surface area contributed by atoms with Crippen LogP contribution < -0.4 is 4.74 Å². The number of benzene rings is 1. The van der Waals surface area contributed by atoms with Crippen LogP contribution in [0.3, 0.4) is 0 Å². The van der Waals surface area contributed by atoms with Gasteiger partial charge in [-0.2, -0.15) is 5.26 Å². The van der Waals surface area contributed by atoms with Gasteiger partial charge in [0, 0.05) is 0 Å². The first kappa shape index (κ1) is 13.5. The number of hydrogen-bond acceptors (Lipinski definition) is 4. The van der Waals surface area contributed by atoms with Gasteiger partial charge < -0.3 is 9.47 Å². The van der Waals surface area contributed by atoms with E-state index in [1.54, 1.807) is 12.1 Å². The predicted octanol–water partition coefficient (Wildman–Crippen LogP) is 2.07. The van der Waals surface area contributed by atoms with Crippen molar-refractivity contribution >= 4 is 21.9 Å². The number of methoxy groups -OCH3 is 1. The quantitative estimate of drug-likeness (QED) is 0.617. The number of alkyl halides is 1. The van der Waals surface area contributed by atoms with Crippen LogP contribution in [0.25, 0.3) is 0 Å². The maximum atomic E-state index is 11.1. The summed E-state index contributed by atoms with van der Waals surface area (Å²) in [7, 11) is 1.33. The van der Waals surface area contributed by atoms with Crippen LogP contribution in [0.1, 0.15) is 5.56 Å². The van der Waals surface area contributed by atoms with Crippen molar-refractivity contribution in [2.24, 2.45) is 0 Å². The molecule has 1 rings (SSSR count). The summed E-state index contributed by atoms with van der Waals surface area (Å²) in [6, 6.07) is 9.24. The lowest BCUT2D eigenvalue weighted by Crippen LogP contribution is -2.22. The molecule has 4 nitrogen and oxygen atoms in total. The number of rotatable bonds is 5. The van der Waals surface area contributed by atoms with E-state index in [0.717, 1.165) is 5.56 Å². The molecule has 0 amide bonds. The molecular weight excluding hydrogens is 286 g/mol. The summed E-state index contributed by atoms with van der Waals surface area (Å²) in [6.45, 7) is 0.199. The fourth-order valence-corrected chi connectivity index (χ4v) is 1.48. The van der Waals surface area contributed by atoms with Gasteiger partial charge in [-0.25, -0.2) is 0 Å². The zero-order valence-electron chi connectivity index (χ0n) is 9.35. The highest BCUT2D eigenvalue weighted by Gasteiger charge is 2.15. The van der Waals surface area contributed by atoms with Crippen LogP contribution in [-0.4, -0.2) is 24.5 Å². The molecule has 0 bridgehead atoms. The summed E-state index contributed by atoms with van der Waals surface area (Å²) in [5.41, 5.74) is 0.934. The van der Waals surface area contributed by atoms with Crippen LogP contribution in [0.5, 0.6) is 5.75 Å². The second kappa shape index (κ2) is 6.92. The van der Waals surface area contributed by atoms with E-state index in [-0.39, 0.29) is 12.6 Å². The number of nitriles is 1. The Kier molecular flexibility index (Phi) is 5.50. The van der Waals surface area contributed by atoms with E-state index in [4.69, 9.17) is 10.00 Å². The SMILES string of the molecule is COC(=O)C(Br)COc1ccc(CC#N)cc1. The topological polar surface area (TPSA) is 59.3 Å². The minimum atomic E-state index is -0.480. The standard InChI is InChI=1S/C12H12BrNO3/c1-16-12(15)11(13)8-17-10-4-2-9(3-5-10)6-7-14/h2-5,11H,6,8H2,1H3. The molecule has 1 atom stereocenters. The number of carbonyl (C=O) groups is 1. The van der Waals surface area contributed by atoms with Crippen LogP contribution in [0.2, 0.25) is 0 Å². The normalized spacial score (nSPS) is 11.4. The first-order chi connectivity index (χ1) is 8.17. The monoisotopic (exact) mass is 297 g/mol. The molecule has 0 aliphatic rings. The van der Waals surface area contributed by atoms with Gasteiger partial charge in [-0.15, -0.1) is 0 Å². The lowest BCUT2D eigenvalue weighted by molar-refractivity contribution is -0.140. The van der Waals surface area contributed by atoms with E-state index in [0.29, 0.717) is 12.2 Å². The molecule has 0 radical (unpaired) electrons. The molecule has 0 aliphatic carbocycles. The second-order valence-electron chi connectivity index (χ2n) is 3.28. The molecule has 1 aromatic carbocycles. The summed E-state index contributed by atoms with van der Waals surface area (Å²) in [5, 5.41) is 8.51. The maximum absolute atomic E-state index is 11.1. The lowest BCUT2D eigenvalue weighted by atomic mass is 10.2. The smallest absolute Gasteiger partial charge is 0.322 e. The number of halogens is 1. The third kappa shape index (κ3) is 4.45. The number of esters is 1. The van der Waals surface area contributed by atoms with Crippen molar-refractivity contribution in [3.8, 4) is 11.8 Å². The van der Waals surface area contributed by atoms with E-state index in [9.17, 15) is 4.79 Å². The van der Waals surface area contributed by atoms with E-state index in [1.807, 2.05) is 12.1 Å². The Bertz CT molecular complexity index is 411. The Morgan fingerprint density at radius 1 is 1.47 bits per heavy atom. The Hall–Kier alpha value is -1.54. The van der Waals surface area contributed by atoms with Crippen molar-refractivity contribution in [3.63, 3.8) is 0 Å². The first-order valence-corrected chi connectivity index (χ1v) is 5.89. The first-order valence-electron chi connectivity index (χ1n) is 4.98. The summed E-state index contributed by atoms with van der Waals surface area (Å²) in [6.07, 6.45) is 0.378. The lowest BCUT2D eigenvalue weighted by Gasteiger charge is -2.10. The molecule has 0 saturated heterocycles. The van der Waals surface area contributed by atoms with Gasteiger partial charge in [0.2, 0.25) is 0 Å². The largest absolute Gasteiger partial charge is 0.492 e. The van der Waals surface area contributed by atoms with Crippen molar-refractivity contribution in [1.29, 1.82) is 5.26 Å². The highest BCUT2D eigenvalue weighted by atomic mass is 79.9. The maximum Gasteiger partial charge on any atom is 0.322 e. The third-order valence-electron chi connectivity index (χ3n) is 2.06. The van der Waals surface area contributed by atoms with Crippen molar-refractivity contribution in [2.45, 2.75) is 11.2 Å². The Balaban J connectivity index is 2.47. The van der Waals surface area contributed by atoms with Gasteiger partial charge in [-0.05, 0) is 17.7 Å². The van der Waals surface area contributed by atoms with Gasteiger partial charge in [-0.1, -0.05) is 28.1 Å². The van der Waals surface area contributed by atoms with Crippen LogP contribution in [0.4, 0.5) is 0 Å². The Labute approximate surface area is 108 Å². The summed E-state index contributed by atoms with van der Waals surface area (Å²) in [4.78, 5) is 10.6. The molecule has 0 fully saturated rings. The zero-order valence-corrected chi connectivity index (χ0v) is 10.9. The fourth-order valence-electron chi connectivity index (χ4n) is 1.16. The molecular formula is C12H12BrNO3. The number of nitrogens with zero attached hydrogens (tertiary/aromatic N) is 1. The minimum absolute atomic E-state index is 0.199.